The summed E-state index contributed by atoms with van der Waals surface area (Å²) in [6.45, 7) is 7.33. The van der Waals surface area contributed by atoms with Crippen molar-refractivity contribution < 1.29 is 13.5 Å². The second-order valence-corrected chi connectivity index (χ2v) is 9.49. The lowest BCUT2D eigenvalue weighted by molar-refractivity contribution is 0.132. The maximum Gasteiger partial charge on any atom is 0.266 e. The Bertz CT molecular complexity index is 1170. The van der Waals surface area contributed by atoms with Crippen molar-refractivity contribution in [1.82, 2.24) is 30.2 Å². The first-order valence-corrected chi connectivity index (χ1v) is 12.4. The molecule has 0 amide bonds. The van der Waals surface area contributed by atoms with Gasteiger partial charge in [-0.05, 0) is 61.6 Å². The normalized spacial score (nSPS) is 21.7. The summed E-state index contributed by atoms with van der Waals surface area (Å²) < 4.78 is 34.1. The molecule has 36 heavy (non-hydrogen) atoms. The minimum absolute atomic E-state index is 0.00132. The molecule has 4 heterocycles. The molecule has 0 saturated carbocycles. The van der Waals surface area contributed by atoms with E-state index in [1.54, 1.807) is 17.2 Å². The average molecular weight is 500 g/mol. The van der Waals surface area contributed by atoms with Crippen LogP contribution >= 0.6 is 0 Å². The smallest absolute Gasteiger partial charge is 0.266 e. The Morgan fingerprint density at radius 2 is 1.83 bits per heavy atom. The van der Waals surface area contributed by atoms with Gasteiger partial charge in [-0.3, -0.25) is 0 Å². The molecule has 12 heteroatoms. The Balaban J connectivity index is 1.15. The van der Waals surface area contributed by atoms with Gasteiger partial charge in [0.05, 0.1) is 25.0 Å². The van der Waals surface area contributed by atoms with Gasteiger partial charge in [-0.2, -0.15) is 4.80 Å². The summed E-state index contributed by atoms with van der Waals surface area (Å²) in [6.07, 6.45) is 5.24. The van der Waals surface area contributed by atoms with Crippen LogP contribution in [0, 0.1) is 17.6 Å². The fraction of sp³-hybridized carbons (Fsp3) is 0.542. The van der Waals surface area contributed by atoms with Crippen LogP contribution in [0.25, 0.3) is 0 Å². The van der Waals surface area contributed by atoms with E-state index in [2.05, 4.69) is 37.2 Å². The van der Waals surface area contributed by atoms with Gasteiger partial charge in [-0.15, -0.1) is 5.10 Å². The number of rotatable bonds is 7. The lowest BCUT2D eigenvalue weighted by Crippen LogP contribution is -2.39. The second kappa shape index (κ2) is 10.3. The third-order valence-corrected chi connectivity index (χ3v) is 7.15. The summed E-state index contributed by atoms with van der Waals surface area (Å²) in [7, 11) is 0. The molecule has 3 atom stereocenters. The number of aryl methyl sites for hydroxylation is 1. The maximum absolute atomic E-state index is 14.3. The van der Waals surface area contributed by atoms with Crippen LogP contribution in [-0.2, 0) is 6.54 Å². The summed E-state index contributed by atoms with van der Waals surface area (Å²) in [5.74, 6) is 0.885. The van der Waals surface area contributed by atoms with Crippen LogP contribution in [0.1, 0.15) is 38.2 Å². The zero-order valence-electron chi connectivity index (χ0n) is 20.5. The summed E-state index contributed by atoms with van der Waals surface area (Å²) in [4.78, 5) is 14.6. The molecule has 0 radical (unpaired) electrons. The number of tetrazole rings is 1. The second-order valence-electron chi connectivity index (χ2n) is 9.49. The Kier molecular flexibility index (Phi) is 6.95. The molecule has 2 saturated heterocycles. The van der Waals surface area contributed by atoms with Gasteiger partial charge >= 0.3 is 0 Å². The number of hydrogen-bond acceptors (Lipinski definition) is 9. The van der Waals surface area contributed by atoms with Gasteiger partial charge in [-0.25, -0.2) is 18.7 Å². The van der Waals surface area contributed by atoms with Crippen LogP contribution in [0.5, 0.6) is 5.75 Å². The first kappa shape index (κ1) is 24.3. The van der Waals surface area contributed by atoms with Crippen molar-refractivity contribution in [2.24, 2.45) is 11.7 Å². The van der Waals surface area contributed by atoms with Crippen LogP contribution in [0.4, 0.5) is 20.7 Å². The molecule has 3 aromatic rings. The molecule has 2 aromatic heterocycles. The molecule has 1 aromatic carbocycles. The van der Waals surface area contributed by atoms with E-state index in [1.165, 1.54) is 6.07 Å². The summed E-state index contributed by atoms with van der Waals surface area (Å²) in [5, 5.41) is 12.6. The monoisotopic (exact) mass is 499 g/mol. The Hall–Kier alpha value is -3.41. The number of hydrogen-bond donors (Lipinski definition) is 1. The number of halogens is 2. The Morgan fingerprint density at radius 3 is 2.53 bits per heavy atom. The number of nitrogens with zero attached hydrogens (tertiary/aromatic N) is 8. The highest BCUT2D eigenvalue weighted by Crippen LogP contribution is 2.31. The van der Waals surface area contributed by atoms with Crippen molar-refractivity contribution >= 4 is 11.9 Å². The highest BCUT2D eigenvalue weighted by atomic mass is 19.1. The third kappa shape index (κ3) is 5.08. The number of ether oxygens (including phenoxy) is 1. The van der Waals surface area contributed by atoms with Gasteiger partial charge in [0.2, 0.25) is 5.95 Å². The standard InChI is InChI=1S/C24H31F2N9O/c1-3-35-31-24(30-32-35)33-8-6-16(7-9-33)15(2)36-18-11-28-23(29-12-18)34-13-20(22(27)14-34)19-10-17(25)4-5-21(19)26/h4-5,10-12,15-16,20,22H,3,6-9,13-14,27H2,1-2H3/t15-,20+,22-/m0/s1. The molecular weight excluding hydrogens is 468 g/mol. The van der Waals surface area contributed by atoms with Crippen molar-refractivity contribution in [2.45, 2.75) is 51.3 Å². The number of anilines is 2. The summed E-state index contributed by atoms with van der Waals surface area (Å²) >= 11 is 0. The van der Waals surface area contributed by atoms with Crippen molar-refractivity contribution in [3.63, 3.8) is 0 Å². The number of piperidine rings is 1. The fourth-order valence-corrected chi connectivity index (χ4v) is 5.03. The van der Waals surface area contributed by atoms with Gasteiger partial charge in [0.1, 0.15) is 11.6 Å². The van der Waals surface area contributed by atoms with E-state index < -0.39 is 11.6 Å². The number of aromatic nitrogens is 6. The van der Waals surface area contributed by atoms with Crippen molar-refractivity contribution in [3.05, 3.63) is 47.8 Å². The predicted octanol–water partition coefficient (Wildman–Crippen LogP) is 2.38. The van der Waals surface area contributed by atoms with Crippen LogP contribution < -0.4 is 20.3 Å². The van der Waals surface area contributed by atoms with Crippen LogP contribution in [0.2, 0.25) is 0 Å². The van der Waals surface area contributed by atoms with Crippen molar-refractivity contribution in [1.29, 1.82) is 0 Å². The lowest BCUT2D eigenvalue weighted by atomic mass is 9.92. The highest BCUT2D eigenvalue weighted by molar-refractivity contribution is 5.39. The van der Waals surface area contributed by atoms with Crippen LogP contribution in [0.3, 0.4) is 0 Å². The van der Waals surface area contributed by atoms with E-state index in [4.69, 9.17) is 10.5 Å². The molecule has 2 aliphatic rings. The first-order valence-electron chi connectivity index (χ1n) is 12.4. The largest absolute Gasteiger partial charge is 0.487 e. The van der Waals surface area contributed by atoms with E-state index in [9.17, 15) is 8.78 Å². The topological polar surface area (TPSA) is 111 Å². The molecule has 0 unspecified atom stereocenters. The molecular formula is C24H31F2N9O. The number of benzene rings is 1. The molecule has 192 valence electrons. The molecule has 0 bridgehead atoms. The number of nitrogens with two attached hydrogens (primary N) is 1. The van der Waals surface area contributed by atoms with Crippen LogP contribution in [-0.4, -0.2) is 68.5 Å². The predicted molar refractivity (Wildman–Crippen MR) is 130 cm³/mol. The quantitative estimate of drug-likeness (QED) is 0.524. The molecule has 0 spiro atoms. The SMILES string of the molecule is CCn1nnc(N2CCC([C@H](C)Oc3cnc(N4C[C@H](c5cc(F)ccc5F)[C@@H](N)C4)nc3)CC2)n1. The Labute approximate surface area is 208 Å². The molecule has 5 rings (SSSR count). The molecule has 0 aliphatic carbocycles. The minimum Gasteiger partial charge on any atom is -0.487 e. The molecule has 2 N–H and O–H groups in total. The van der Waals surface area contributed by atoms with Gasteiger partial charge in [0, 0.05) is 38.1 Å². The van der Waals surface area contributed by atoms with Gasteiger partial charge in [0.25, 0.3) is 5.95 Å². The summed E-state index contributed by atoms with van der Waals surface area (Å²) in [5.41, 5.74) is 6.55. The van der Waals surface area contributed by atoms with Crippen LogP contribution in [0.15, 0.2) is 30.6 Å². The van der Waals surface area contributed by atoms with Gasteiger partial charge < -0.3 is 20.3 Å². The maximum atomic E-state index is 14.3. The average Bonchev–Trinajstić information content (AvgIpc) is 3.53. The lowest BCUT2D eigenvalue weighted by Gasteiger charge is -2.34. The molecule has 10 nitrogen and oxygen atoms in total. The zero-order valence-corrected chi connectivity index (χ0v) is 20.5. The van der Waals surface area contributed by atoms with E-state index in [0.717, 1.165) is 38.1 Å². The third-order valence-electron chi connectivity index (χ3n) is 7.15. The van der Waals surface area contributed by atoms with E-state index in [0.29, 0.717) is 43.2 Å². The zero-order chi connectivity index (χ0) is 25.2. The Morgan fingerprint density at radius 1 is 1.08 bits per heavy atom. The van der Waals surface area contributed by atoms with E-state index in [-0.39, 0.29) is 23.6 Å². The van der Waals surface area contributed by atoms with Gasteiger partial charge in [0.15, 0.2) is 5.75 Å². The van der Waals surface area contributed by atoms with Gasteiger partial charge in [-0.1, -0.05) is 5.10 Å². The molecule has 2 fully saturated rings. The fourth-order valence-electron chi connectivity index (χ4n) is 5.03. The molecule has 2 aliphatic heterocycles. The van der Waals surface area contributed by atoms with Crippen molar-refractivity contribution in [2.75, 3.05) is 36.0 Å². The minimum atomic E-state index is -0.476. The van der Waals surface area contributed by atoms with E-state index in [1.807, 2.05) is 11.8 Å². The highest BCUT2D eigenvalue weighted by Gasteiger charge is 2.34. The summed E-state index contributed by atoms with van der Waals surface area (Å²) in [6, 6.07) is 3.12. The van der Waals surface area contributed by atoms with E-state index >= 15 is 0 Å². The van der Waals surface area contributed by atoms with Crippen molar-refractivity contribution in [3.8, 4) is 5.75 Å². The first-order chi connectivity index (χ1) is 17.4.